The van der Waals surface area contributed by atoms with Gasteiger partial charge in [0.1, 0.15) is 12.6 Å². The van der Waals surface area contributed by atoms with E-state index < -0.39 is 4.92 Å². The lowest BCUT2D eigenvalue weighted by atomic mass is 10.1. The second-order valence-corrected chi connectivity index (χ2v) is 4.36. The van der Waals surface area contributed by atoms with Crippen molar-refractivity contribution in [2.24, 2.45) is 0 Å². The Morgan fingerprint density at radius 2 is 2.33 bits per heavy atom. The first-order chi connectivity index (χ1) is 9.99. The number of benzene rings is 1. The number of nitro benzene ring substituents is 1. The fourth-order valence-corrected chi connectivity index (χ4v) is 1.74. The van der Waals surface area contributed by atoms with Crippen molar-refractivity contribution in [3.8, 4) is 6.07 Å². The van der Waals surface area contributed by atoms with E-state index in [1.54, 1.807) is 12.4 Å². The number of nitro groups is 1. The molecule has 1 heterocycles. The number of carbonyl (C=O) groups excluding carboxylic acids is 1. The van der Waals surface area contributed by atoms with Gasteiger partial charge in [0.15, 0.2) is 0 Å². The Morgan fingerprint density at radius 1 is 1.57 bits per heavy atom. The Kier molecular flexibility index (Phi) is 3.95. The van der Waals surface area contributed by atoms with E-state index in [2.05, 4.69) is 10.4 Å². The number of carbonyl (C=O) groups is 1. The van der Waals surface area contributed by atoms with Crippen molar-refractivity contribution < 1.29 is 9.72 Å². The SMILES string of the molecule is Cc1cnn(CC(=O)Nc2ccc([N+](=O)[O-])cc2C#N)c1. The summed E-state index contributed by atoms with van der Waals surface area (Å²) in [5.74, 6) is -0.372. The molecular weight excluding hydrogens is 274 g/mol. The quantitative estimate of drug-likeness (QED) is 0.677. The van der Waals surface area contributed by atoms with Gasteiger partial charge in [-0.15, -0.1) is 0 Å². The number of non-ortho nitro benzene ring substituents is 1. The summed E-state index contributed by atoms with van der Waals surface area (Å²) >= 11 is 0. The van der Waals surface area contributed by atoms with Gasteiger partial charge in [-0.3, -0.25) is 19.6 Å². The van der Waals surface area contributed by atoms with Gasteiger partial charge < -0.3 is 5.32 Å². The van der Waals surface area contributed by atoms with Gasteiger partial charge in [0, 0.05) is 18.3 Å². The van der Waals surface area contributed by atoms with Crippen LogP contribution in [0.2, 0.25) is 0 Å². The van der Waals surface area contributed by atoms with E-state index in [9.17, 15) is 14.9 Å². The van der Waals surface area contributed by atoms with E-state index in [1.165, 1.54) is 16.8 Å². The average molecular weight is 285 g/mol. The van der Waals surface area contributed by atoms with Gasteiger partial charge in [-0.25, -0.2) is 0 Å². The van der Waals surface area contributed by atoms with Gasteiger partial charge in [0.25, 0.3) is 5.69 Å². The van der Waals surface area contributed by atoms with Gasteiger partial charge in [-0.1, -0.05) is 0 Å². The molecule has 0 bridgehead atoms. The maximum absolute atomic E-state index is 11.9. The molecule has 0 aliphatic carbocycles. The normalized spacial score (nSPS) is 9.90. The van der Waals surface area contributed by atoms with Crippen molar-refractivity contribution in [2.45, 2.75) is 13.5 Å². The lowest BCUT2D eigenvalue weighted by Crippen LogP contribution is -2.19. The summed E-state index contributed by atoms with van der Waals surface area (Å²) in [4.78, 5) is 21.9. The second-order valence-electron chi connectivity index (χ2n) is 4.36. The molecule has 0 fully saturated rings. The standard InChI is InChI=1S/C13H11N5O3/c1-9-6-15-17(7-9)8-13(19)16-12-3-2-11(18(20)21)4-10(12)5-14/h2-4,6-7H,8H2,1H3,(H,16,19). The van der Waals surface area contributed by atoms with Crippen LogP contribution in [0.4, 0.5) is 11.4 Å². The number of hydrogen-bond donors (Lipinski definition) is 1. The first kappa shape index (κ1) is 14.2. The zero-order valence-electron chi connectivity index (χ0n) is 11.1. The molecule has 0 atom stereocenters. The van der Waals surface area contributed by atoms with E-state index >= 15 is 0 Å². The predicted molar refractivity (Wildman–Crippen MR) is 73.4 cm³/mol. The first-order valence-corrected chi connectivity index (χ1v) is 5.97. The molecule has 1 aromatic heterocycles. The highest BCUT2D eigenvalue weighted by Gasteiger charge is 2.13. The third-order valence-electron chi connectivity index (χ3n) is 2.68. The Balaban J connectivity index is 2.14. The summed E-state index contributed by atoms with van der Waals surface area (Å²) in [6, 6.07) is 5.51. The summed E-state index contributed by atoms with van der Waals surface area (Å²) in [6.07, 6.45) is 3.33. The number of aromatic nitrogens is 2. The largest absolute Gasteiger partial charge is 0.323 e. The van der Waals surface area contributed by atoms with Crippen LogP contribution in [0.25, 0.3) is 0 Å². The molecular formula is C13H11N5O3. The Bertz CT molecular complexity index is 745. The highest BCUT2D eigenvalue weighted by atomic mass is 16.6. The number of amides is 1. The molecule has 0 aliphatic rings. The lowest BCUT2D eigenvalue weighted by Gasteiger charge is -2.07. The molecule has 1 N–H and O–H groups in total. The average Bonchev–Trinajstić information content (AvgIpc) is 2.84. The van der Waals surface area contributed by atoms with Crippen LogP contribution < -0.4 is 5.32 Å². The van der Waals surface area contributed by atoms with Crippen LogP contribution in [0.3, 0.4) is 0 Å². The number of nitrogens with zero attached hydrogens (tertiary/aromatic N) is 4. The van der Waals surface area contributed by atoms with Crippen LogP contribution in [0.1, 0.15) is 11.1 Å². The molecule has 8 nitrogen and oxygen atoms in total. The summed E-state index contributed by atoms with van der Waals surface area (Å²) in [5, 5.41) is 26.2. The molecule has 21 heavy (non-hydrogen) atoms. The molecule has 2 rings (SSSR count). The number of anilines is 1. The van der Waals surface area contributed by atoms with E-state index in [-0.39, 0.29) is 29.4 Å². The van der Waals surface area contributed by atoms with Crippen molar-refractivity contribution in [2.75, 3.05) is 5.32 Å². The van der Waals surface area contributed by atoms with Crippen LogP contribution in [0.15, 0.2) is 30.6 Å². The molecule has 1 aromatic carbocycles. The Labute approximate surface area is 119 Å². The van der Waals surface area contributed by atoms with E-state index in [0.29, 0.717) is 0 Å². The number of hydrogen-bond acceptors (Lipinski definition) is 5. The second kappa shape index (κ2) is 5.83. The fourth-order valence-electron chi connectivity index (χ4n) is 1.74. The van der Waals surface area contributed by atoms with Gasteiger partial charge >= 0.3 is 0 Å². The van der Waals surface area contributed by atoms with Crippen LogP contribution in [-0.4, -0.2) is 20.6 Å². The topological polar surface area (TPSA) is 114 Å². The van der Waals surface area contributed by atoms with Gasteiger partial charge in [0.05, 0.1) is 22.4 Å². The van der Waals surface area contributed by atoms with E-state index in [0.717, 1.165) is 11.6 Å². The van der Waals surface area contributed by atoms with Gasteiger partial charge in [-0.2, -0.15) is 10.4 Å². The number of nitrogens with one attached hydrogen (secondary N) is 1. The monoisotopic (exact) mass is 285 g/mol. The summed E-state index contributed by atoms with van der Waals surface area (Å²) in [7, 11) is 0. The third-order valence-corrected chi connectivity index (χ3v) is 2.68. The first-order valence-electron chi connectivity index (χ1n) is 5.97. The van der Waals surface area contributed by atoms with Crippen molar-refractivity contribution in [1.82, 2.24) is 9.78 Å². The lowest BCUT2D eigenvalue weighted by molar-refractivity contribution is -0.384. The predicted octanol–water partition coefficient (Wildman–Crippen LogP) is 1.61. The molecule has 0 saturated carbocycles. The summed E-state index contributed by atoms with van der Waals surface area (Å²) in [5.41, 5.74) is 0.995. The van der Waals surface area contributed by atoms with Crippen LogP contribution in [0, 0.1) is 28.4 Å². The summed E-state index contributed by atoms with van der Waals surface area (Å²) in [6.45, 7) is 1.85. The Hall–Kier alpha value is -3.21. The van der Waals surface area contributed by atoms with Gasteiger partial charge in [-0.05, 0) is 18.6 Å². The van der Waals surface area contributed by atoms with Crippen molar-refractivity contribution >= 4 is 17.3 Å². The van der Waals surface area contributed by atoms with Crippen LogP contribution in [-0.2, 0) is 11.3 Å². The minimum absolute atomic E-state index is 0.00427. The Morgan fingerprint density at radius 3 is 2.90 bits per heavy atom. The molecule has 2 aromatic rings. The third kappa shape index (κ3) is 3.42. The number of aryl methyl sites for hydroxylation is 1. The molecule has 0 unspecified atom stereocenters. The maximum atomic E-state index is 11.9. The minimum Gasteiger partial charge on any atom is -0.323 e. The molecule has 106 valence electrons. The number of nitriles is 1. The zero-order chi connectivity index (χ0) is 15.4. The molecule has 0 saturated heterocycles. The highest BCUT2D eigenvalue weighted by Crippen LogP contribution is 2.21. The summed E-state index contributed by atoms with van der Waals surface area (Å²) < 4.78 is 1.46. The highest BCUT2D eigenvalue weighted by molar-refractivity contribution is 5.92. The van der Waals surface area contributed by atoms with Crippen molar-refractivity contribution in [1.29, 1.82) is 5.26 Å². The van der Waals surface area contributed by atoms with E-state index in [4.69, 9.17) is 5.26 Å². The van der Waals surface area contributed by atoms with Crippen molar-refractivity contribution in [3.05, 3.63) is 51.8 Å². The molecule has 0 spiro atoms. The van der Waals surface area contributed by atoms with Crippen LogP contribution in [0.5, 0.6) is 0 Å². The maximum Gasteiger partial charge on any atom is 0.270 e. The molecule has 0 radical (unpaired) electrons. The number of rotatable bonds is 4. The zero-order valence-corrected chi connectivity index (χ0v) is 11.1. The van der Waals surface area contributed by atoms with Crippen LogP contribution >= 0.6 is 0 Å². The molecule has 1 amide bonds. The molecule has 0 aliphatic heterocycles. The van der Waals surface area contributed by atoms with Gasteiger partial charge in [0.2, 0.25) is 5.91 Å². The smallest absolute Gasteiger partial charge is 0.270 e. The molecule has 8 heteroatoms. The van der Waals surface area contributed by atoms with E-state index in [1.807, 2.05) is 13.0 Å². The fraction of sp³-hybridized carbons (Fsp3) is 0.154. The van der Waals surface area contributed by atoms with Crippen molar-refractivity contribution in [3.63, 3.8) is 0 Å². The minimum atomic E-state index is -0.598.